The van der Waals surface area contributed by atoms with Gasteiger partial charge in [0.25, 0.3) is 0 Å². The van der Waals surface area contributed by atoms with Crippen molar-refractivity contribution < 1.29 is 0 Å². The molecule has 2 aromatic heterocycles. The molecule has 3 aromatic rings. The van der Waals surface area contributed by atoms with Crippen molar-refractivity contribution in [3.05, 3.63) is 59.5 Å². The Balaban J connectivity index is 1.93. The van der Waals surface area contributed by atoms with Crippen molar-refractivity contribution in [2.75, 3.05) is 0 Å². The molecule has 0 radical (unpaired) electrons. The van der Waals surface area contributed by atoms with Crippen molar-refractivity contribution in [1.82, 2.24) is 20.1 Å². The molecule has 0 aliphatic carbocycles. The predicted octanol–water partition coefficient (Wildman–Crippen LogP) is 4.15. The van der Waals surface area contributed by atoms with E-state index in [1.54, 1.807) is 0 Å². The van der Waals surface area contributed by atoms with Crippen LogP contribution in [0.25, 0.3) is 22.4 Å². The van der Waals surface area contributed by atoms with Crippen LogP contribution < -0.4 is 5.32 Å². The maximum Gasteiger partial charge on any atom is 0.100 e. The van der Waals surface area contributed by atoms with Gasteiger partial charge >= 0.3 is 0 Å². The number of hydrogen-bond donors (Lipinski definition) is 1. The molecular weight excluding hydrogens is 320 g/mol. The van der Waals surface area contributed by atoms with Crippen molar-refractivity contribution in [2.24, 2.45) is 0 Å². The molecule has 1 aliphatic rings. The number of fused-ring (bicyclic) bond motifs is 1. The van der Waals surface area contributed by atoms with E-state index in [4.69, 9.17) is 16.7 Å². The Labute approximate surface area is 146 Å². The molecule has 0 atom stereocenters. The van der Waals surface area contributed by atoms with Gasteiger partial charge in [0.15, 0.2) is 0 Å². The van der Waals surface area contributed by atoms with E-state index in [1.807, 2.05) is 48.8 Å². The number of rotatable bonds is 2. The van der Waals surface area contributed by atoms with Crippen molar-refractivity contribution in [1.29, 1.82) is 0 Å². The summed E-state index contributed by atoms with van der Waals surface area (Å²) in [5.74, 6) is 0. The Morgan fingerprint density at radius 2 is 1.75 bits per heavy atom. The SMILES string of the molecule is CC1(C)Cn2nc(-c3ccc(Cl)cc3)c(-c3ccncc3)c2CN1. The van der Waals surface area contributed by atoms with Gasteiger partial charge in [0.2, 0.25) is 0 Å². The molecule has 0 saturated carbocycles. The first kappa shape index (κ1) is 15.4. The molecule has 24 heavy (non-hydrogen) atoms. The molecule has 122 valence electrons. The van der Waals surface area contributed by atoms with Crippen LogP contribution in [0, 0.1) is 0 Å². The van der Waals surface area contributed by atoms with Crippen LogP contribution >= 0.6 is 11.6 Å². The molecule has 1 aromatic carbocycles. The molecule has 0 unspecified atom stereocenters. The van der Waals surface area contributed by atoms with E-state index in [1.165, 1.54) is 11.3 Å². The van der Waals surface area contributed by atoms with E-state index < -0.39 is 0 Å². The van der Waals surface area contributed by atoms with Gasteiger partial charge in [-0.15, -0.1) is 0 Å². The van der Waals surface area contributed by atoms with Crippen molar-refractivity contribution in [3.63, 3.8) is 0 Å². The average molecular weight is 339 g/mol. The second kappa shape index (κ2) is 5.72. The number of hydrogen-bond acceptors (Lipinski definition) is 3. The molecule has 5 heteroatoms. The smallest absolute Gasteiger partial charge is 0.100 e. The van der Waals surface area contributed by atoms with E-state index in [-0.39, 0.29) is 5.54 Å². The number of halogens is 1. The summed E-state index contributed by atoms with van der Waals surface area (Å²) >= 11 is 6.05. The van der Waals surface area contributed by atoms with Gasteiger partial charge in [0.1, 0.15) is 5.69 Å². The number of nitrogens with zero attached hydrogens (tertiary/aromatic N) is 3. The van der Waals surface area contributed by atoms with Crippen molar-refractivity contribution in [2.45, 2.75) is 32.5 Å². The highest BCUT2D eigenvalue weighted by Crippen LogP contribution is 2.36. The first-order valence-electron chi connectivity index (χ1n) is 8.04. The molecule has 4 rings (SSSR count). The summed E-state index contributed by atoms with van der Waals surface area (Å²) < 4.78 is 2.14. The van der Waals surface area contributed by atoms with Crippen LogP contribution in [0.1, 0.15) is 19.5 Å². The molecule has 3 heterocycles. The van der Waals surface area contributed by atoms with Crippen LogP contribution in [0.3, 0.4) is 0 Å². The third-order valence-corrected chi connectivity index (χ3v) is 4.68. The van der Waals surface area contributed by atoms with Crippen LogP contribution in [0.15, 0.2) is 48.8 Å². The van der Waals surface area contributed by atoms with Crippen molar-refractivity contribution in [3.8, 4) is 22.4 Å². The lowest BCUT2D eigenvalue weighted by molar-refractivity contribution is 0.278. The standard InChI is InChI=1S/C19H19ClN4/c1-19(2)12-24-16(11-22-19)17(13-7-9-21-10-8-13)18(23-24)14-3-5-15(20)6-4-14/h3-10,22H,11-12H2,1-2H3. The molecule has 4 nitrogen and oxygen atoms in total. The lowest BCUT2D eigenvalue weighted by Gasteiger charge is -2.32. The summed E-state index contributed by atoms with van der Waals surface area (Å²) in [6.45, 7) is 6.04. The van der Waals surface area contributed by atoms with E-state index in [0.29, 0.717) is 0 Å². The highest BCUT2D eigenvalue weighted by molar-refractivity contribution is 6.30. The Morgan fingerprint density at radius 1 is 1.04 bits per heavy atom. The minimum atomic E-state index is 0.0335. The fourth-order valence-electron chi connectivity index (χ4n) is 3.19. The Bertz CT molecular complexity index is 866. The molecule has 1 N–H and O–H groups in total. The topological polar surface area (TPSA) is 42.7 Å². The van der Waals surface area contributed by atoms with E-state index >= 15 is 0 Å². The fourth-order valence-corrected chi connectivity index (χ4v) is 3.32. The number of aromatic nitrogens is 3. The summed E-state index contributed by atoms with van der Waals surface area (Å²) in [6.07, 6.45) is 3.65. The average Bonchev–Trinajstić information content (AvgIpc) is 2.93. The summed E-state index contributed by atoms with van der Waals surface area (Å²) in [4.78, 5) is 4.14. The summed E-state index contributed by atoms with van der Waals surface area (Å²) in [5.41, 5.74) is 5.62. The lowest BCUT2D eigenvalue weighted by Crippen LogP contribution is -2.47. The van der Waals surface area contributed by atoms with Crippen molar-refractivity contribution >= 4 is 11.6 Å². The number of benzene rings is 1. The molecule has 0 bridgehead atoms. The zero-order valence-electron chi connectivity index (χ0n) is 13.8. The van der Waals surface area contributed by atoms with Gasteiger partial charge in [-0.3, -0.25) is 9.67 Å². The highest BCUT2D eigenvalue weighted by atomic mass is 35.5. The second-order valence-corrected chi connectivity index (χ2v) is 7.24. The van der Waals surface area contributed by atoms with Gasteiger partial charge < -0.3 is 5.32 Å². The van der Waals surface area contributed by atoms with Gasteiger partial charge in [-0.2, -0.15) is 5.10 Å². The van der Waals surface area contributed by atoms with Crippen LogP contribution in [0.2, 0.25) is 5.02 Å². The fraction of sp³-hybridized carbons (Fsp3) is 0.263. The second-order valence-electron chi connectivity index (χ2n) is 6.81. The van der Waals surface area contributed by atoms with Crippen LogP contribution in [-0.4, -0.2) is 20.3 Å². The molecule has 0 spiro atoms. The minimum absolute atomic E-state index is 0.0335. The Morgan fingerprint density at radius 3 is 2.46 bits per heavy atom. The third kappa shape index (κ3) is 2.72. The largest absolute Gasteiger partial charge is 0.304 e. The maximum atomic E-state index is 6.05. The van der Waals surface area contributed by atoms with Gasteiger partial charge in [-0.25, -0.2) is 0 Å². The first-order valence-corrected chi connectivity index (χ1v) is 8.42. The summed E-state index contributed by atoms with van der Waals surface area (Å²) in [6, 6.07) is 12.0. The Kier molecular flexibility index (Phi) is 3.66. The summed E-state index contributed by atoms with van der Waals surface area (Å²) in [5, 5.41) is 9.27. The monoisotopic (exact) mass is 338 g/mol. The normalized spacial score (nSPS) is 16.0. The van der Waals surface area contributed by atoms with Gasteiger partial charge in [0, 0.05) is 40.6 Å². The highest BCUT2D eigenvalue weighted by Gasteiger charge is 2.29. The maximum absolute atomic E-state index is 6.05. The van der Waals surface area contributed by atoms with Gasteiger partial charge in [-0.1, -0.05) is 23.7 Å². The molecule has 0 amide bonds. The zero-order chi connectivity index (χ0) is 16.7. The molecule has 0 fully saturated rings. The zero-order valence-corrected chi connectivity index (χ0v) is 14.5. The number of pyridine rings is 1. The van der Waals surface area contributed by atoms with E-state index in [0.717, 1.165) is 34.9 Å². The first-order chi connectivity index (χ1) is 11.5. The lowest BCUT2D eigenvalue weighted by atomic mass is 9.97. The van der Waals surface area contributed by atoms with E-state index in [2.05, 4.69) is 28.8 Å². The minimum Gasteiger partial charge on any atom is -0.304 e. The third-order valence-electron chi connectivity index (χ3n) is 4.42. The van der Waals surface area contributed by atoms with Gasteiger partial charge in [-0.05, 0) is 43.7 Å². The molecule has 1 aliphatic heterocycles. The van der Waals surface area contributed by atoms with E-state index in [9.17, 15) is 0 Å². The van der Waals surface area contributed by atoms with Crippen LogP contribution in [0.4, 0.5) is 0 Å². The molecule has 0 saturated heterocycles. The molecular formula is C19H19ClN4. The van der Waals surface area contributed by atoms with Gasteiger partial charge in [0.05, 0.1) is 12.2 Å². The van der Waals surface area contributed by atoms with Crippen LogP contribution in [0.5, 0.6) is 0 Å². The quantitative estimate of drug-likeness (QED) is 0.763. The number of nitrogens with one attached hydrogen (secondary N) is 1. The summed E-state index contributed by atoms with van der Waals surface area (Å²) in [7, 11) is 0. The van der Waals surface area contributed by atoms with Crippen LogP contribution in [-0.2, 0) is 13.1 Å². The Hall–Kier alpha value is -2.17. The predicted molar refractivity (Wildman–Crippen MR) is 96.8 cm³/mol.